The molecule has 0 aliphatic carbocycles. The van der Waals surface area contributed by atoms with Crippen LogP contribution in [0.2, 0.25) is 0 Å². The van der Waals surface area contributed by atoms with Crippen LogP contribution in [0.3, 0.4) is 0 Å². The van der Waals surface area contributed by atoms with Gasteiger partial charge in [-0.3, -0.25) is 0 Å². The summed E-state index contributed by atoms with van der Waals surface area (Å²) in [7, 11) is 2.19. The fourth-order valence-corrected chi connectivity index (χ4v) is 2.44. The van der Waals surface area contributed by atoms with Crippen LogP contribution in [0.15, 0.2) is 0 Å². The highest BCUT2D eigenvalue weighted by Gasteiger charge is 2.24. The Bertz CT molecular complexity index is 166. The van der Waals surface area contributed by atoms with Gasteiger partial charge in [-0.2, -0.15) is 0 Å². The van der Waals surface area contributed by atoms with Crippen molar-refractivity contribution in [2.24, 2.45) is 0 Å². The van der Waals surface area contributed by atoms with Crippen LogP contribution in [0.4, 0.5) is 0 Å². The normalized spacial score (nSPS) is 39.4. The standard InChI is InChI=1S/C11H22N2O/c1-9-3-4-11(14-9)7-12-10-5-6-13(2)8-10/h9-12H,3-8H2,1-2H3. The Morgan fingerprint density at radius 2 is 2.21 bits per heavy atom. The van der Waals surface area contributed by atoms with Gasteiger partial charge in [0.15, 0.2) is 0 Å². The first-order chi connectivity index (χ1) is 6.74. The molecule has 0 aromatic heterocycles. The molecule has 0 aromatic carbocycles. The molecular formula is C11H22N2O. The van der Waals surface area contributed by atoms with Gasteiger partial charge in [0.25, 0.3) is 0 Å². The topological polar surface area (TPSA) is 24.5 Å². The summed E-state index contributed by atoms with van der Waals surface area (Å²) in [5, 5.41) is 3.61. The Morgan fingerprint density at radius 3 is 2.79 bits per heavy atom. The van der Waals surface area contributed by atoms with Gasteiger partial charge in [0.1, 0.15) is 0 Å². The van der Waals surface area contributed by atoms with E-state index >= 15 is 0 Å². The second kappa shape index (κ2) is 4.60. The summed E-state index contributed by atoms with van der Waals surface area (Å²) in [6, 6.07) is 0.694. The SMILES string of the molecule is CC1CCC(CNC2CCN(C)C2)O1. The maximum absolute atomic E-state index is 5.77. The molecule has 2 rings (SSSR count). The number of rotatable bonds is 3. The van der Waals surface area contributed by atoms with Crippen LogP contribution >= 0.6 is 0 Å². The summed E-state index contributed by atoms with van der Waals surface area (Å²) >= 11 is 0. The van der Waals surface area contributed by atoms with Crippen LogP contribution in [0.5, 0.6) is 0 Å². The summed E-state index contributed by atoms with van der Waals surface area (Å²) in [5.41, 5.74) is 0. The third kappa shape index (κ3) is 2.69. The van der Waals surface area contributed by atoms with Crippen LogP contribution in [0.25, 0.3) is 0 Å². The largest absolute Gasteiger partial charge is 0.374 e. The van der Waals surface area contributed by atoms with Crippen molar-refractivity contribution in [3.05, 3.63) is 0 Å². The Kier molecular flexibility index (Phi) is 3.42. The van der Waals surface area contributed by atoms with Crippen molar-refractivity contribution in [2.45, 2.75) is 44.4 Å². The molecule has 2 saturated heterocycles. The second-order valence-electron chi connectivity index (χ2n) is 4.80. The van der Waals surface area contributed by atoms with E-state index in [4.69, 9.17) is 4.74 Å². The molecule has 2 aliphatic rings. The number of nitrogens with zero attached hydrogens (tertiary/aromatic N) is 1. The van der Waals surface area contributed by atoms with Crippen LogP contribution in [-0.2, 0) is 4.74 Å². The van der Waals surface area contributed by atoms with Crippen molar-refractivity contribution in [3.8, 4) is 0 Å². The molecule has 0 amide bonds. The summed E-state index contributed by atoms with van der Waals surface area (Å²) in [6.45, 7) is 5.65. The van der Waals surface area contributed by atoms with E-state index in [1.165, 1.54) is 32.4 Å². The van der Waals surface area contributed by atoms with Crippen molar-refractivity contribution in [2.75, 3.05) is 26.7 Å². The van der Waals surface area contributed by atoms with Gasteiger partial charge >= 0.3 is 0 Å². The highest BCUT2D eigenvalue weighted by atomic mass is 16.5. The van der Waals surface area contributed by atoms with Gasteiger partial charge in [-0.25, -0.2) is 0 Å². The number of likely N-dealkylation sites (N-methyl/N-ethyl adjacent to an activating group) is 1. The Hall–Kier alpha value is -0.120. The molecule has 82 valence electrons. The van der Waals surface area contributed by atoms with Gasteiger partial charge in [-0.1, -0.05) is 0 Å². The first-order valence-corrected chi connectivity index (χ1v) is 5.81. The molecule has 14 heavy (non-hydrogen) atoms. The average molecular weight is 198 g/mol. The number of ether oxygens (including phenoxy) is 1. The quantitative estimate of drug-likeness (QED) is 0.727. The Balaban J connectivity index is 1.63. The number of hydrogen-bond donors (Lipinski definition) is 1. The molecular weight excluding hydrogens is 176 g/mol. The van der Waals surface area contributed by atoms with Gasteiger partial charge < -0.3 is 15.0 Å². The second-order valence-corrected chi connectivity index (χ2v) is 4.80. The summed E-state index contributed by atoms with van der Waals surface area (Å²) in [6.07, 6.45) is 4.70. The molecule has 3 atom stereocenters. The van der Waals surface area contributed by atoms with Crippen LogP contribution in [-0.4, -0.2) is 49.8 Å². The van der Waals surface area contributed by atoms with Crippen LogP contribution in [0.1, 0.15) is 26.2 Å². The zero-order valence-corrected chi connectivity index (χ0v) is 9.33. The van der Waals surface area contributed by atoms with E-state index in [-0.39, 0.29) is 0 Å². The van der Waals surface area contributed by atoms with E-state index < -0.39 is 0 Å². The number of nitrogens with one attached hydrogen (secondary N) is 1. The van der Waals surface area contributed by atoms with Gasteiger partial charge in [-0.05, 0) is 39.8 Å². The smallest absolute Gasteiger partial charge is 0.0704 e. The highest BCUT2D eigenvalue weighted by Crippen LogP contribution is 2.18. The molecule has 0 radical (unpaired) electrons. The zero-order valence-electron chi connectivity index (χ0n) is 9.33. The van der Waals surface area contributed by atoms with Crippen LogP contribution in [0, 0.1) is 0 Å². The first kappa shape index (κ1) is 10.4. The van der Waals surface area contributed by atoms with Crippen molar-refractivity contribution in [1.29, 1.82) is 0 Å². The van der Waals surface area contributed by atoms with Gasteiger partial charge in [-0.15, -0.1) is 0 Å². The van der Waals surface area contributed by atoms with E-state index in [2.05, 4.69) is 24.2 Å². The van der Waals surface area contributed by atoms with Gasteiger partial charge in [0, 0.05) is 19.1 Å². The lowest BCUT2D eigenvalue weighted by atomic mass is 10.2. The van der Waals surface area contributed by atoms with E-state index in [1.54, 1.807) is 0 Å². The van der Waals surface area contributed by atoms with Crippen molar-refractivity contribution in [3.63, 3.8) is 0 Å². The molecule has 2 heterocycles. The predicted molar refractivity (Wildman–Crippen MR) is 57.5 cm³/mol. The summed E-state index contributed by atoms with van der Waals surface area (Å²) in [5.74, 6) is 0. The van der Waals surface area contributed by atoms with E-state index in [0.717, 1.165) is 6.54 Å². The maximum Gasteiger partial charge on any atom is 0.0704 e. The minimum atomic E-state index is 0.468. The molecule has 2 fully saturated rings. The van der Waals surface area contributed by atoms with Crippen molar-refractivity contribution in [1.82, 2.24) is 10.2 Å². The molecule has 2 aliphatic heterocycles. The molecule has 3 nitrogen and oxygen atoms in total. The highest BCUT2D eigenvalue weighted by molar-refractivity contribution is 4.81. The molecule has 0 bridgehead atoms. The van der Waals surface area contributed by atoms with Crippen molar-refractivity contribution >= 4 is 0 Å². The molecule has 0 spiro atoms. The maximum atomic E-state index is 5.77. The summed E-state index contributed by atoms with van der Waals surface area (Å²) < 4.78 is 5.77. The molecule has 1 N–H and O–H groups in total. The molecule has 3 heteroatoms. The Morgan fingerprint density at radius 1 is 1.36 bits per heavy atom. The van der Waals surface area contributed by atoms with Crippen LogP contribution < -0.4 is 5.32 Å². The minimum absolute atomic E-state index is 0.468. The molecule has 0 saturated carbocycles. The molecule has 3 unspecified atom stereocenters. The Labute approximate surface area is 86.8 Å². The van der Waals surface area contributed by atoms with E-state index in [9.17, 15) is 0 Å². The monoisotopic (exact) mass is 198 g/mol. The molecule has 0 aromatic rings. The van der Waals surface area contributed by atoms with E-state index in [1.807, 2.05) is 0 Å². The zero-order chi connectivity index (χ0) is 9.97. The van der Waals surface area contributed by atoms with Crippen molar-refractivity contribution < 1.29 is 4.74 Å². The number of likely N-dealkylation sites (tertiary alicyclic amines) is 1. The third-order valence-corrected chi connectivity index (χ3v) is 3.35. The number of hydrogen-bond acceptors (Lipinski definition) is 3. The van der Waals surface area contributed by atoms with Gasteiger partial charge in [0.05, 0.1) is 12.2 Å². The lowest BCUT2D eigenvalue weighted by molar-refractivity contribution is 0.0545. The minimum Gasteiger partial charge on any atom is -0.374 e. The fourth-order valence-electron chi connectivity index (χ4n) is 2.44. The van der Waals surface area contributed by atoms with E-state index in [0.29, 0.717) is 18.2 Å². The summed E-state index contributed by atoms with van der Waals surface area (Å²) in [4.78, 5) is 2.38. The predicted octanol–water partition coefficient (Wildman–Crippen LogP) is 0.848. The third-order valence-electron chi connectivity index (χ3n) is 3.35. The lowest BCUT2D eigenvalue weighted by Crippen LogP contribution is -2.37. The lowest BCUT2D eigenvalue weighted by Gasteiger charge is -2.16. The van der Waals surface area contributed by atoms with Gasteiger partial charge in [0.2, 0.25) is 0 Å². The first-order valence-electron chi connectivity index (χ1n) is 5.81. The average Bonchev–Trinajstić information content (AvgIpc) is 2.72. The fraction of sp³-hybridized carbons (Fsp3) is 1.00.